The highest BCUT2D eigenvalue weighted by Crippen LogP contribution is 2.31. The number of benzene rings is 2. The first kappa shape index (κ1) is 16.7. The summed E-state index contributed by atoms with van der Waals surface area (Å²) in [7, 11) is 0. The van der Waals surface area contributed by atoms with Crippen LogP contribution in [0.4, 0.5) is 0 Å². The Morgan fingerprint density at radius 1 is 0.783 bits per heavy atom. The van der Waals surface area contributed by atoms with Crippen molar-refractivity contribution in [2.75, 3.05) is 0 Å². The van der Waals surface area contributed by atoms with E-state index in [0.717, 1.165) is 12.6 Å². The van der Waals surface area contributed by atoms with Crippen LogP contribution in [0.2, 0.25) is 0 Å². The lowest BCUT2D eigenvalue weighted by Gasteiger charge is -2.33. The Hall–Kier alpha value is -2.62. The van der Waals surface area contributed by atoms with Crippen LogP contribution in [0.3, 0.4) is 0 Å². The standard InChI is InChI=1S/C19H20O4/c1-3-19(4-2,22-17-11-7-5-9-15(17)13-20)23-18-12-8-6-10-16(18)14-21/h5-14H,3-4H2,1-2H3. The Labute approximate surface area is 136 Å². The molecule has 23 heavy (non-hydrogen) atoms. The molecule has 2 aromatic carbocycles. The SMILES string of the molecule is CCC(CC)(Oc1ccccc1C=O)Oc1ccccc1C=O. The molecular formula is C19H20O4. The van der Waals surface area contributed by atoms with Crippen molar-refractivity contribution < 1.29 is 19.1 Å². The Balaban J connectivity index is 2.35. The van der Waals surface area contributed by atoms with E-state index in [-0.39, 0.29) is 0 Å². The van der Waals surface area contributed by atoms with Crippen LogP contribution < -0.4 is 9.47 Å². The van der Waals surface area contributed by atoms with Crippen LogP contribution in [0.15, 0.2) is 48.5 Å². The molecule has 120 valence electrons. The monoisotopic (exact) mass is 312 g/mol. The molecular weight excluding hydrogens is 292 g/mol. The van der Waals surface area contributed by atoms with Gasteiger partial charge in [0.15, 0.2) is 12.6 Å². The number of ether oxygens (including phenoxy) is 2. The smallest absolute Gasteiger partial charge is 0.250 e. The molecule has 4 nitrogen and oxygen atoms in total. The maximum absolute atomic E-state index is 11.2. The molecule has 0 aliphatic rings. The van der Waals surface area contributed by atoms with Crippen molar-refractivity contribution in [2.45, 2.75) is 32.5 Å². The Bertz CT molecular complexity index is 619. The van der Waals surface area contributed by atoms with Gasteiger partial charge in [0, 0.05) is 12.8 Å². The predicted octanol–water partition coefficient (Wildman–Crippen LogP) is 4.29. The third kappa shape index (κ3) is 3.77. The molecule has 0 saturated heterocycles. The Morgan fingerprint density at radius 2 is 1.17 bits per heavy atom. The van der Waals surface area contributed by atoms with Crippen molar-refractivity contribution in [1.82, 2.24) is 0 Å². The number of para-hydroxylation sites is 2. The molecule has 0 bridgehead atoms. The molecule has 0 heterocycles. The van der Waals surface area contributed by atoms with Gasteiger partial charge in [0.1, 0.15) is 11.5 Å². The van der Waals surface area contributed by atoms with Gasteiger partial charge in [-0.1, -0.05) is 38.1 Å². The summed E-state index contributed by atoms with van der Waals surface area (Å²) in [6, 6.07) is 14.0. The van der Waals surface area contributed by atoms with Crippen LogP contribution >= 0.6 is 0 Å². The van der Waals surface area contributed by atoms with E-state index >= 15 is 0 Å². The number of rotatable bonds is 8. The normalized spacial score (nSPS) is 10.9. The molecule has 0 radical (unpaired) electrons. The zero-order chi connectivity index (χ0) is 16.7. The lowest BCUT2D eigenvalue weighted by atomic mass is 10.1. The molecule has 0 unspecified atom stereocenters. The van der Waals surface area contributed by atoms with Gasteiger partial charge in [0.2, 0.25) is 0 Å². The van der Waals surface area contributed by atoms with E-state index in [9.17, 15) is 9.59 Å². The van der Waals surface area contributed by atoms with E-state index in [2.05, 4.69) is 0 Å². The second-order valence-corrected chi connectivity index (χ2v) is 5.13. The van der Waals surface area contributed by atoms with Crippen LogP contribution in [-0.4, -0.2) is 18.4 Å². The number of hydrogen-bond donors (Lipinski definition) is 0. The average molecular weight is 312 g/mol. The molecule has 4 heteroatoms. The molecule has 0 aromatic heterocycles. The molecule has 0 amide bonds. The van der Waals surface area contributed by atoms with Crippen molar-refractivity contribution in [3.63, 3.8) is 0 Å². The first-order valence-corrected chi connectivity index (χ1v) is 7.64. The Kier molecular flexibility index (Phi) is 5.52. The third-order valence-corrected chi connectivity index (χ3v) is 3.76. The number of hydrogen-bond acceptors (Lipinski definition) is 4. The summed E-state index contributed by atoms with van der Waals surface area (Å²) in [5.74, 6) is -0.0114. The van der Waals surface area contributed by atoms with Crippen molar-refractivity contribution in [3.05, 3.63) is 59.7 Å². The molecule has 2 aromatic rings. The van der Waals surface area contributed by atoms with Crippen LogP contribution in [0.5, 0.6) is 11.5 Å². The van der Waals surface area contributed by atoms with Gasteiger partial charge in [0.25, 0.3) is 5.79 Å². The Morgan fingerprint density at radius 3 is 1.52 bits per heavy atom. The second kappa shape index (κ2) is 7.58. The van der Waals surface area contributed by atoms with Crippen molar-refractivity contribution in [2.24, 2.45) is 0 Å². The summed E-state index contributed by atoms with van der Waals surface area (Å²) < 4.78 is 12.1. The van der Waals surface area contributed by atoms with Gasteiger partial charge in [-0.25, -0.2) is 0 Å². The predicted molar refractivity (Wildman–Crippen MR) is 88.2 cm³/mol. The van der Waals surface area contributed by atoms with E-state index in [0.29, 0.717) is 35.5 Å². The molecule has 0 N–H and O–H groups in total. The number of aldehydes is 2. The molecule has 0 aliphatic carbocycles. The van der Waals surface area contributed by atoms with Crippen molar-refractivity contribution >= 4 is 12.6 Å². The van der Waals surface area contributed by atoms with E-state index < -0.39 is 5.79 Å². The van der Waals surface area contributed by atoms with Gasteiger partial charge < -0.3 is 9.47 Å². The third-order valence-electron chi connectivity index (χ3n) is 3.76. The van der Waals surface area contributed by atoms with Gasteiger partial charge in [-0.05, 0) is 24.3 Å². The maximum atomic E-state index is 11.2. The van der Waals surface area contributed by atoms with Crippen LogP contribution in [0, 0.1) is 0 Å². The highest BCUT2D eigenvalue weighted by Gasteiger charge is 2.32. The first-order chi connectivity index (χ1) is 11.2. The molecule has 0 spiro atoms. The minimum atomic E-state index is -0.946. The van der Waals surface area contributed by atoms with Gasteiger partial charge in [-0.15, -0.1) is 0 Å². The molecule has 0 atom stereocenters. The van der Waals surface area contributed by atoms with E-state index in [4.69, 9.17) is 9.47 Å². The fourth-order valence-electron chi connectivity index (χ4n) is 2.30. The molecule has 2 rings (SSSR count). The summed E-state index contributed by atoms with van der Waals surface area (Å²) in [4.78, 5) is 22.4. The van der Waals surface area contributed by atoms with E-state index in [1.54, 1.807) is 48.5 Å². The van der Waals surface area contributed by atoms with Crippen molar-refractivity contribution in [3.8, 4) is 11.5 Å². The van der Waals surface area contributed by atoms with E-state index in [1.807, 2.05) is 13.8 Å². The van der Waals surface area contributed by atoms with Crippen LogP contribution in [-0.2, 0) is 0 Å². The zero-order valence-electron chi connectivity index (χ0n) is 13.3. The van der Waals surface area contributed by atoms with Gasteiger partial charge in [0.05, 0.1) is 11.1 Å². The van der Waals surface area contributed by atoms with Gasteiger partial charge >= 0.3 is 0 Å². The second-order valence-electron chi connectivity index (χ2n) is 5.13. The molecule has 0 aliphatic heterocycles. The quantitative estimate of drug-likeness (QED) is 0.539. The highest BCUT2D eigenvalue weighted by molar-refractivity contribution is 5.79. The fraction of sp³-hybridized carbons (Fsp3) is 0.263. The fourth-order valence-corrected chi connectivity index (χ4v) is 2.30. The first-order valence-electron chi connectivity index (χ1n) is 7.64. The van der Waals surface area contributed by atoms with Crippen LogP contribution in [0.25, 0.3) is 0 Å². The summed E-state index contributed by atoms with van der Waals surface area (Å²) >= 11 is 0. The van der Waals surface area contributed by atoms with Crippen LogP contribution in [0.1, 0.15) is 47.4 Å². The summed E-state index contributed by atoms with van der Waals surface area (Å²) in [6.45, 7) is 3.88. The highest BCUT2D eigenvalue weighted by atomic mass is 16.7. The topological polar surface area (TPSA) is 52.6 Å². The van der Waals surface area contributed by atoms with Gasteiger partial charge in [-0.2, -0.15) is 0 Å². The van der Waals surface area contributed by atoms with Crippen molar-refractivity contribution in [1.29, 1.82) is 0 Å². The minimum Gasteiger partial charge on any atom is -0.452 e. The largest absolute Gasteiger partial charge is 0.452 e. The minimum absolute atomic E-state index is 0.464. The summed E-state index contributed by atoms with van der Waals surface area (Å²) in [5, 5.41) is 0. The summed E-state index contributed by atoms with van der Waals surface area (Å²) in [5.41, 5.74) is 0.928. The average Bonchev–Trinajstić information content (AvgIpc) is 2.62. The lowest BCUT2D eigenvalue weighted by Crippen LogP contribution is -2.41. The number of carbonyl (C=O) groups is 2. The van der Waals surface area contributed by atoms with E-state index in [1.165, 1.54) is 0 Å². The molecule has 0 saturated carbocycles. The number of carbonyl (C=O) groups excluding carboxylic acids is 2. The zero-order valence-corrected chi connectivity index (χ0v) is 13.3. The van der Waals surface area contributed by atoms with Gasteiger partial charge in [-0.3, -0.25) is 9.59 Å². The lowest BCUT2D eigenvalue weighted by molar-refractivity contribution is -0.119. The molecule has 0 fully saturated rings. The maximum Gasteiger partial charge on any atom is 0.250 e. The summed E-state index contributed by atoms with van der Waals surface area (Å²) in [6.07, 6.45) is 2.63.